The average Bonchev–Trinajstić information content (AvgIpc) is 2.24. The summed E-state index contributed by atoms with van der Waals surface area (Å²) in [7, 11) is 0. The lowest BCUT2D eigenvalue weighted by atomic mass is 10.1. The molecular formula is C11H20N4O. The van der Waals surface area contributed by atoms with Crippen LogP contribution in [0, 0.1) is 11.3 Å². The highest BCUT2D eigenvalue weighted by Crippen LogP contribution is 2.05. The first-order chi connectivity index (χ1) is 7.63. The van der Waals surface area contributed by atoms with Crippen LogP contribution in [0.4, 0.5) is 0 Å². The Morgan fingerprint density at radius 3 is 3.06 bits per heavy atom. The molecule has 0 aromatic rings. The highest BCUT2D eigenvalue weighted by Gasteiger charge is 2.23. The van der Waals surface area contributed by atoms with Gasteiger partial charge in [0, 0.05) is 31.7 Å². The molecule has 1 fully saturated rings. The molecule has 0 radical (unpaired) electrons. The minimum absolute atomic E-state index is 0.0104. The maximum absolute atomic E-state index is 11.6. The Balaban J connectivity index is 2.29. The molecule has 0 aliphatic carbocycles. The molecule has 2 N–H and O–H groups in total. The van der Waals surface area contributed by atoms with E-state index in [4.69, 9.17) is 5.26 Å². The molecule has 2 unspecified atom stereocenters. The largest absolute Gasteiger partial charge is 0.354 e. The number of carbonyl (C=O) groups is 1. The quantitative estimate of drug-likeness (QED) is 0.643. The molecule has 1 rings (SSSR count). The monoisotopic (exact) mass is 224 g/mol. The Morgan fingerprint density at radius 2 is 2.38 bits per heavy atom. The number of piperazine rings is 1. The lowest BCUT2D eigenvalue weighted by Crippen LogP contribution is -2.56. The van der Waals surface area contributed by atoms with Crippen LogP contribution in [0.3, 0.4) is 0 Å². The van der Waals surface area contributed by atoms with Crippen molar-refractivity contribution in [3.63, 3.8) is 0 Å². The third-order valence-electron chi connectivity index (χ3n) is 2.80. The SMILES string of the molecule is CC1CN(CC(=O)NCCC#N)C(C)CN1. The van der Waals surface area contributed by atoms with Gasteiger partial charge in [0.1, 0.15) is 0 Å². The molecular weight excluding hydrogens is 204 g/mol. The van der Waals surface area contributed by atoms with Crippen LogP contribution < -0.4 is 10.6 Å². The predicted molar refractivity (Wildman–Crippen MR) is 61.7 cm³/mol. The van der Waals surface area contributed by atoms with Crippen LogP contribution in [0.15, 0.2) is 0 Å². The molecule has 1 heterocycles. The fourth-order valence-corrected chi connectivity index (χ4v) is 1.82. The van der Waals surface area contributed by atoms with E-state index in [2.05, 4.69) is 29.4 Å². The Kier molecular flexibility index (Phi) is 5.23. The van der Waals surface area contributed by atoms with Crippen molar-refractivity contribution < 1.29 is 4.79 Å². The molecule has 1 saturated heterocycles. The summed E-state index contributed by atoms with van der Waals surface area (Å²) < 4.78 is 0. The van der Waals surface area contributed by atoms with Crippen LogP contribution in [0.5, 0.6) is 0 Å². The van der Waals surface area contributed by atoms with Gasteiger partial charge in [0.25, 0.3) is 0 Å². The third-order valence-corrected chi connectivity index (χ3v) is 2.80. The third kappa shape index (κ3) is 4.17. The van der Waals surface area contributed by atoms with Crippen molar-refractivity contribution in [2.24, 2.45) is 0 Å². The summed E-state index contributed by atoms with van der Waals surface area (Å²) in [5.74, 6) is 0.0104. The van der Waals surface area contributed by atoms with Crippen LogP contribution in [0.25, 0.3) is 0 Å². The molecule has 16 heavy (non-hydrogen) atoms. The average molecular weight is 224 g/mol. The molecule has 1 aliphatic heterocycles. The molecule has 90 valence electrons. The summed E-state index contributed by atoms with van der Waals surface area (Å²) in [5, 5.41) is 14.5. The lowest BCUT2D eigenvalue weighted by Gasteiger charge is -2.36. The van der Waals surface area contributed by atoms with Crippen LogP contribution in [-0.2, 0) is 4.79 Å². The zero-order valence-electron chi connectivity index (χ0n) is 9.99. The first kappa shape index (κ1) is 12.9. The highest BCUT2D eigenvalue weighted by atomic mass is 16.2. The van der Waals surface area contributed by atoms with Crippen molar-refractivity contribution >= 4 is 5.91 Å². The maximum atomic E-state index is 11.6. The molecule has 1 amide bonds. The van der Waals surface area contributed by atoms with Gasteiger partial charge >= 0.3 is 0 Å². The van der Waals surface area contributed by atoms with E-state index >= 15 is 0 Å². The van der Waals surface area contributed by atoms with Gasteiger partial charge in [0.2, 0.25) is 5.91 Å². The van der Waals surface area contributed by atoms with E-state index in [0.717, 1.165) is 13.1 Å². The summed E-state index contributed by atoms with van der Waals surface area (Å²) in [5.41, 5.74) is 0. The summed E-state index contributed by atoms with van der Waals surface area (Å²) >= 11 is 0. The number of nitrogens with zero attached hydrogens (tertiary/aromatic N) is 2. The van der Waals surface area contributed by atoms with Gasteiger partial charge in [-0.1, -0.05) is 0 Å². The normalized spacial score (nSPS) is 26.1. The molecule has 0 spiro atoms. The van der Waals surface area contributed by atoms with Gasteiger partial charge in [0.05, 0.1) is 19.0 Å². The fraction of sp³-hybridized carbons (Fsp3) is 0.818. The second kappa shape index (κ2) is 6.46. The number of amides is 1. The van der Waals surface area contributed by atoms with Crippen molar-refractivity contribution in [3.05, 3.63) is 0 Å². The van der Waals surface area contributed by atoms with Crippen LogP contribution >= 0.6 is 0 Å². The van der Waals surface area contributed by atoms with E-state index in [0.29, 0.717) is 31.6 Å². The summed E-state index contributed by atoms with van der Waals surface area (Å²) in [6.45, 7) is 6.93. The van der Waals surface area contributed by atoms with E-state index in [1.165, 1.54) is 0 Å². The topological polar surface area (TPSA) is 68.2 Å². The number of nitriles is 1. The smallest absolute Gasteiger partial charge is 0.234 e. The standard InChI is InChI=1S/C11H20N4O/c1-9-7-15(10(2)6-14-9)8-11(16)13-5-3-4-12/h9-10,14H,3,5-8H2,1-2H3,(H,13,16). The molecule has 0 bridgehead atoms. The van der Waals surface area contributed by atoms with Gasteiger partial charge < -0.3 is 10.6 Å². The summed E-state index contributed by atoms with van der Waals surface area (Å²) in [6.07, 6.45) is 0.374. The van der Waals surface area contributed by atoms with Gasteiger partial charge in [-0.3, -0.25) is 9.69 Å². The minimum atomic E-state index is 0.0104. The van der Waals surface area contributed by atoms with Gasteiger partial charge in [-0.2, -0.15) is 5.26 Å². The zero-order chi connectivity index (χ0) is 12.0. The minimum Gasteiger partial charge on any atom is -0.354 e. The van der Waals surface area contributed by atoms with Crippen LogP contribution in [0.2, 0.25) is 0 Å². The Morgan fingerprint density at radius 1 is 1.62 bits per heavy atom. The molecule has 0 aromatic heterocycles. The molecule has 1 aliphatic rings. The van der Waals surface area contributed by atoms with Crippen molar-refractivity contribution in [2.75, 3.05) is 26.2 Å². The van der Waals surface area contributed by atoms with Crippen molar-refractivity contribution in [1.29, 1.82) is 5.26 Å². The number of hydrogen-bond donors (Lipinski definition) is 2. The van der Waals surface area contributed by atoms with E-state index in [9.17, 15) is 4.79 Å². The first-order valence-corrected chi connectivity index (χ1v) is 5.74. The molecule has 5 heteroatoms. The molecule has 0 aromatic carbocycles. The van der Waals surface area contributed by atoms with E-state index in [1.54, 1.807) is 0 Å². The second-order valence-electron chi connectivity index (χ2n) is 4.35. The molecule has 0 saturated carbocycles. The molecule has 5 nitrogen and oxygen atoms in total. The Hall–Kier alpha value is -1.12. The van der Waals surface area contributed by atoms with Gasteiger partial charge in [0.15, 0.2) is 0 Å². The van der Waals surface area contributed by atoms with E-state index in [-0.39, 0.29) is 5.91 Å². The zero-order valence-corrected chi connectivity index (χ0v) is 9.99. The Labute approximate surface area is 96.8 Å². The van der Waals surface area contributed by atoms with E-state index < -0.39 is 0 Å². The van der Waals surface area contributed by atoms with Crippen molar-refractivity contribution in [3.8, 4) is 6.07 Å². The van der Waals surface area contributed by atoms with Crippen LogP contribution in [-0.4, -0.2) is 49.1 Å². The Bertz CT molecular complexity index is 274. The van der Waals surface area contributed by atoms with Crippen molar-refractivity contribution in [2.45, 2.75) is 32.4 Å². The van der Waals surface area contributed by atoms with Crippen molar-refractivity contribution in [1.82, 2.24) is 15.5 Å². The number of hydrogen-bond acceptors (Lipinski definition) is 4. The van der Waals surface area contributed by atoms with Gasteiger partial charge in [-0.05, 0) is 13.8 Å². The second-order valence-corrected chi connectivity index (χ2v) is 4.35. The fourth-order valence-electron chi connectivity index (χ4n) is 1.82. The van der Waals surface area contributed by atoms with Gasteiger partial charge in [-0.25, -0.2) is 0 Å². The van der Waals surface area contributed by atoms with E-state index in [1.807, 2.05) is 6.07 Å². The predicted octanol–water partition coefficient (Wildman–Crippen LogP) is -0.302. The summed E-state index contributed by atoms with van der Waals surface area (Å²) in [4.78, 5) is 13.7. The van der Waals surface area contributed by atoms with Crippen LogP contribution in [0.1, 0.15) is 20.3 Å². The lowest BCUT2D eigenvalue weighted by molar-refractivity contribution is -0.123. The number of nitrogens with one attached hydrogen (secondary N) is 2. The number of rotatable bonds is 4. The first-order valence-electron chi connectivity index (χ1n) is 5.74. The number of carbonyl (C=O) groups excluding carboxylic acids is 1. The summed E-state index contributed by atoms with van der Waals surface area (Å²) in [6, 6.07) is 2.82. The highest BCUT2D eigenvalue weighted by molar-refractivity contribution is 5.78. The van der Waals surface area contributed by atoms with Gasteiger partial charge in [-0.15, -0.1) is 0 Å². The molecule has 2 atom stereocenters. The maximum Gasteiger partial charge on any atom is 0.234 e.